The molecule has 134 valence electrons. The van der Waals surface area contributed by atoms with Crippen molar-refractivity contribution in [3.05, 3.63) is 57.5 Å². The van der Waals surface area contributed by atoms with Gasteiger partial charge in [0.05, 0.1) is 12.2 Å². The topological polar surface area (TPSA) is 38.1 Å². The average Bonchev–Trinajstić information content (AvgIpc) is 3.33. The summed E-state index contributed by atoms with van der Waals surface area (Å²) in [6.07, 6.45) is -1.24. The molecule has 3 rings (SSSR count). The van der Waals surface area contributed by atoms with Gasteiger partial charge >= 0.3 is 6.18 Å². The molecule has 0 N–H and O–H groups in total. The fraction of sp³-hybridized carbons (Fsp3) is 0.375. The number of aromatic nitrogens is 2. The van der Waals surface area contributed by atoms with Crippen molar-refractivity contribution in [2.75, 3.05) is 7.05 Å². The van der Waals surface area contributed by atoms with Crippen LogP contribution in [0.3, 0.4) is 0 Å². The molecule has 0 saturated heterocycles. The number of halogens is 4. The Morgan fingerprint density at radius 1 is 1.32 bits per heavy atom. The Labute approximate surface area is 151 Å². The van der Waals surface area contributed by atoms with Crippen LogP contribution in [0.15, 0.2) is 46.2 Å². The van der Waals surface area contributed by atoms with Crippen LogP contribution >= 0.6 is 23.5 Å². The van der Waals surface area contributed by atoms with Gasteiger partial charge in [-0.25, -0.2) is 8.99 Å². The minimum atomic E-state index is -4.48. The van der Waals surface area contributed by atoms with Crippen molar-refractivity contribution < 1.29 is 13.2 Å². The summed E-state index contributed by atoms with van der Waals surface area (Å²) in [5, 5.41) is 4.43. The van der Waals surface area contributed by atoms with E-state index in [4.69, 9.17) is 11.6 Å². The molecule has 1 aromatic carbocycles. The van der Waals surface area contributed by atoms with Gasteiger partial charge in [0.1, 0.15) is 6.04 Å². The molecule has 0 amide bonds. The van der Waals surface area contributed by atoms with Crippen molar-refractivity contribution in [3.63, 3.8) is 0 Å². The molecule has 1 atom stereocenters. The second-order valence-electron chi connectivity index (χ2n) is 5.84. The molecule has 1 aliphatic rings. The first-order valence-electron chi connectivity index (χ1n) is 7.57. The summed E-state index contributed by atoms with van der Waals surface area (Å²) in [6.45, 7) is 0. The first kappa shape index (κ1) is 18.3. The zero-order valence-electron chi connectivity index (χ0n) is 13.2. The summed E-state index contributed by atoms with van der Waals surface area (Å²) >= 11 is 6.59. The molecule has 0 radical (unpaired) electrons. The Balaban J connectivity index is 1.83. The van der Waals surface area contributed by atoms with Crippen molar-refractivity contribution in [3.8, 4) is 0 Å². The number of nitrogens with zero attached hydrogens (tertiary/aromatic N) is 3. The maximum Gasteiger partial charge on any atom is 0.408 e. The summed E-state index contributed by atoms with van der Waals surface area (Å²) in [5.74, 6) is 0. The highest BCUT2D eigenvalue weighted by Crippen LogP contribution is 2.41. The van der Waals surface area contributed by atoms with E-state index in [1.54, 1.807) is 0 Å². The average molecular weight is 390 g/mol. The van der Waals surface area contributed by atoms with Crippen LogP contribution in [0.5, 0.6) is 0 Å². The predicted octanol–water partition coefficient (Wildman–Crippen LogP) is 4.47. The summed E-state index contributed by atoms with van der Waals surface area (Å²) in [7, 11) is 1.34. The molecule has 25 heavy (non-hydrogen) atoms. The van der Waals surface area contributed by atoms with Crippen molar-refractivity contribution >= 4 is 23.5 Å². The molecule has 0 unspecified atom stereocenters. The molecule has 1 aromatic heterocycles. The summed E-state index contributed by atoms with van der Waals surface area (Å²) in [4.78, 5) is 12.4. The number of alkyl halides is 3. The lowest BCUT2D eigenvalue weighted by atomic mass is 10.1. The molecular weight excluding hydrogens is 375 g/mol. The zero-order valence-corrected chi connectivity index (χ0v) is 14.8. The smallest absolute Gasteiger partial charge is 0.268 e. The standard InChI is InChI=1S/C16H15ClF3N3OS/c1-22(15(16(18,19)20)10-2-4-11(17)5-3-10)25-13-8-14(24)23(21-9-13)12-6-7-12/h2-5,8-9,12,15H,6-7H2,1H3/t15-/m1/s1. The van der Waals surface area contributed by atoms with E-state index in [-0.39, 0.29) is 17.2 Å². The Morgan fingerprint density at radius 3 is 2.48 bits per heavy atom. The molecule has 1 aliphatic carbocycles. The van der Waals surface area contributed by atoms with Crippen LogP contribution in [0.2, 0.25) is 5.02 Å². The lowest BCUT2D eigenvalue weighted by molar-refractivity contribution is -0.169. The third-order valence-corrected chi connectivity index (χ3v) is 4.99. The van der Waals surface area contributed by atoms with Crippen molar-refractivity contribution in [2.24, 2.45) is 0 Å². The molecule has 9 heteroatoms. The van der Waals surface area contributed by atoms with Gasteiger partial charge < -0.3 is 0 Å². The zero-order chi connectivity index (χ0) is 18.2. The van der Waals surface area contributed by atoms with E-state index in [0.717, 1.165) is 29.1 Å². The largest absolute Gasteiger partial charge is 0.408 e. The lowest BCUT2D eigenvalue weighted by Gasteiger charge is -2.29. The number of rotatable bonds is 5. The Hall–Kier alpha value is -1.51. The first-order chi connectivity index (χ1) is 11.8. The van der Waals surface area contributed by atoms with Crippen LogP contribution in [0.4, 0.5) is 13.2 Å². The highest BCUT2D eigenvalue weighted by molar-refractivity contribution is 7.97. The summed E-state index contributed by atoms with van der Waals surface area (Å²) in [5.41, 5.74) is -0.220. The monoisotopic (exact) mass is 389 g/mol. The Morgan fingerprint density at radius 2 is 1.96 bits per heavy atom. The van der Waals surface area contributed by atoms with E-state index >= 15 is 0 Å². The molecule has 4 nitrogen and oxygen atoms in total. The van der Waals surface area contributed by atoms with Gasteiger partial charge in [-0.05, 0) is 49.5 Å². The van der Waals surface area contributed by atoms with Gasteiger partial charge in [0.15, 0.2) is 0 Å². The van der Waals surface area contributed by atoms with Gasteiger partial charge in [0.25, 0.3) is 5.56 Å². The molecule has 1 saturated carbocycles. The maximum atomic E-state index is 13.5. The normalized spacial score (nSPS) is 16.2. The molecule has 1 heterocycles. The van der Waals surface area contributed by atoms with Gasteiger partial charge in [0, 0.05) is 16.0 Å². The van der Waals surface area contributed by atoms with Crippen LogP contribution in [-0.2, 0) is 0 Å². The molecule has 0 aliphatic heterocycles. The predicted molar refractivity (Wildman–Crippen MR) is 90.6 cm³/mol. The van der Waals surface area contributed by atoms with Crippen molar-refractivity contribution in [1.29, 1.82) is 0 Å². The molecule has 0 spiro atoms. The molecule has 0 bridgehead atoms. The van der Waals surface area contributed by atoms with E-state index in [1.165, 1.54) is 48.3 Å². The lowest BCUT2D eigenvalue weighted by Crippen LogP contribution is -2.32. The third kappa shape index (κ3) is 4.37. The fourth-order valence-corrected chi connectivity index (χ4v) is 3.57. The molecule has 2 aromatic rings. The molecule has 1 fully saturated rings. The first-order valence-corrected chi connectivity index (χ1v) is 8.72. The summed E-state index contributed by atoms with van der Waals surface area (Å²) < 4.78 is 43.1. The van der Waals surface area contributed by atoms with Gasteiger partial charge in [-0.1, -0.05) is 23.7 Å². The Bertz CT molecular complexity index is 806. The quantitative estimate of drug-likeness (QED) is 0.707. The fourth-order valence-electron chi connectivity index (χ4n) is 2.51. The van der Waals surface area contributed by atoms with E-state index in [9.17, 15) is 18.0 Å². The maximum absolute atomic E-state index is 13.5. The number of benzene rings is 1. The second-order valence-corrected chi connectivity index (χ2v) is 7.50. The van der Waals surface area contributed by atoms with E-state index < -0.39 is 12.2 Å². The second kappa shape index (κ2) is 7.01. The number of hydrogen-bond acceptors (Lipinski definition) is 4. The number of hydrogen-bond donors (Lipinski definition) is 0. The van der Waals surface area contributed by atoms with Crippen LogP contribution < -0.4 is 5.56 Å². The van der Waals surface area contributed by atoms with Crippen molar-refractivity contribution in [1.82, 2.24) is 14.1 Å². The van der Waals surface area contributed by atoms with Crippen LogP contribution in [-0.4, -0.2) is 27.3 Å². The highest BCUT2D eigenvalue weighted by Gasteiger charge is 2.44. The highest BCUT2D eigenvalue weighted by atomic mass is 35.5. The van der Waals surface area contributed by atoms with Crippen LogP contribution in [0.1, 0.15) is 30.5 Å². The minimum Gasteiger partial charge on any atom is -0.268 e. The Kier molecular flexibility index (Phi) is 5.13. The van der Waals surface area contributed by atoms with E-state index in [2.05, 4.69) is 5.10 Å². The van der Waals surface area contributed by atoms with Crippen molar-refractivity contribution in [2.45, 2.75) is 36.0 Å². The van der Waals surface area contributed by atoms with E-state index in [1.807, 2.05) is 0 Å². The van der Waals surface area contributed by atoms with Crippen LogP contribution in [0.25, 0.3) is 0 Å². The van der Waals surface area contributed by atoms with Gasteiger partial charge in [-0.2, -0.15) is 18.3 Å². The minimum absolute atomic E-state index is 0.0752. The molecular formula is C16H15ClF3N3OS. The van der Waals surface area contributed by atoms with E-state index in [0.29, 0.717) is 9.92 Å². The van der Waals surface area contributed by atoms with Gasteiger partial charge in [-0.15, -0.1) is 0 Å². The summed E-state index contributed by atoms with van der Waals surface area (Å²) in [6, 6.07) is 5.16. The van der Waals surface area contributed by atoms with Gasteiger partial charge in [-0.3, -0.25) is 4.79 Å². The SMILES string of the molecule is CN(Sc1cnn(C2CC2)c(=O)c1)[C@H](c1ccc(Cl)cc1)C(F)(F)F. The third-order valence-electron chi connectivity index (χ3n) is 3.80. The van der Waals surface area contributed by atoms with Gasteiger partial charge in [0.2, 0.25) is 0 Å². The van der Waals surface area contributed by atoms with Crippen LogP contribution in [0, 0.1) is 0 Å².